The van der Waals surface area contributed by atoms with Crippen LogP contribution in [0.3, 0.4) is 0 Å². The smallest absolute Gasteiger partial charge is 0.281 e. The van der Waals surface area contributed by atoms with Crippen molar-refractivity contribution in [1.82, 2.24) is 0 Å². The van der Waals surface area contributed by atoms with Gasteiger partial charge in [-0.25, -0.2) is 0 Å². The van der Waals surface area contributed by atoms with Crippen LogP contribution in [0.4, 0.5) is 39.5 Å². The predicted octanol–water partition coefficient (Wildman–Crippen LogP) is 2.30. The molecule has 0 spiro atoms. The summed E-state index contributed by atoms with van der Waals surface area (Å²) < 4.78 is 136. The van der Waals surface area contributed by atoms with E-state index < -0.39 is 33.4 Å². The third-order valence-corrected chi connectivity index (χ3v) is 2.31. The molecule has 0 amide bonds. The molecule has 104 valence electrons. The summed E-state index contributed by atoms with van der Waals surface area (Å²) in [5, 5.41) is -6.96. The Balaban J connectivity index is 5.96. The lowest BCUT2D eigenvalue weighted by atomic mass is 10.1. The minimum Gasteiger partial charge on any atom is -0.281 e. The monoisotopic (exact) mass is 301 g/mol. The molecule has 0 aromatic rings. The molecule has 0 aromatic heterocycles. The van der Waals surface area contributed by atoms with Gasteiger partial charge in [-0.3, -0.25) is 4.56 Å². The van der Waals surface area contributed by atoms with Gasteiger partial charge >= 0.3 is 33.4 Å². The highest BCUT2D eigenvalue weighted by atomic mass is 32.2. The summed E-state index contributed by atoms with van der Waals surface area (Å²) >= 11 is 0. The van der Waals surface area contributed by atoms with Gasteiger partial charge in [-0.2, -0.15) is 47.9 Å². The molecule has 0 saturated heterocycles. The van der Waals surface area contributed by atoms with Crippen molar-refractivity contribution in [3.63, 3.8) is 0 Å². The Hall–Kier alpha value is -0.720. The lowest BCUT2D eigenvalue weighted by Gasteiger charge is -2.31. The highest BCUT2D eigenvalue weighted by Gasteiger charge is 2.85. The summed E-state index contributed by atoms with van der Waals surface area (Å²) in [5.41, 5.74) is 0. The van der Waals surface area contributed by atoms with E-state index in [-0.39, 0.29) is 0 Å². The lowest BCUT2D eigenvalue weighted by Crippen LogP contribution is -2.63. The maximum absolute atomic E-state index is 12.4. The second kappa shape index (κ2) is 3.63. The molecule has 3 nitrogen and oxygen atoms in total. The van der Waals surface area contributed by atoms with Crippen LogP contribution in [0.1, 0.15) is 0 Å². The maximum atomic E-state index is 12.4. The zero-order chi connectivity index (χ0) is 15.2. The molecule has 1 N–H and O–H groups in total. The number of alkyl halides is 9. The van der Waals surface area contributed by atoms with Crippen LogP contribution in [0, 0.1) is 0 Å². The van der Waals surface area contributed by atoms with Crippen LogP contribution in [0.5, 0.6) is 0 Å². The Morgan fingerprint density at radius 2 is 1.18 bits per heavy atom. The van der Waals surface area contributed by atoms with Gasteiger partial charge in [0.2, 0.25) is 1.43 Å². The van der Waals surface area contributed by atoms with Crippen LogP contribution in [0.15, 0.2) is 0 Å². The summed E-state index contributed by atoms with van der Waals surface area (Å²) in [6.45, 7) is 0. The predicted molar refractivity (Wildman–Crippen MR) is 32.4 cm³/mol. The van der Waals surface area contributed by atoms with Crippen LogP contribution in [-0.4, -0.2) is 36.2 Å². The highest BCUT2D eigenvalue weighted by molar-refractivity contribution is 7.87. The molecule has 0 fully saturated rings. The first kappa shape index (κ1) is 14.3. The quantitative estimate of drug-likeness (QED) is 0.640. The van der Waals surface area contributed by atoms with E-state index in [0.29, 0.717) is 0 Å². The van der Waals surface area contributed by atoms with Crippen molar-refractivity contribution in [1.29, 1.82) is 1.43 Å². The second-order valence-corrected chi connectivity index (χ2v) is 4.04. The lowest BCUT2D eigenvalue weighted by molar-refractivity contribution is -0.382. The standard InChI is InChI=1S/C4HF9O3S/c5-1(6,3(9,10)11)2(7,8)4(12,13)17(14,15)16/h(H,14,15,16)/i/hD. The highest BCUT2D eigenvalue weighted by Crippen LogP contribution is 2.54. The Morgan fingerprint density at radius 1 is 0.824 bits per heavy atom. The average molecular weight is 301 g/mol. The van der Waals surface area contributed by atoms with Crippen molar-refractivity contribution >= 4 is 10.1 Å². The number of hydrogen-bond acceptors (Lipinski definition) is 3. The van der Waals surface area contributed by atoms with Gasteiger partial charge in [0.25, 0.3) is 0 Å². The van der Waals surface area contributed by atoms with E-state index in [9.17, 15) is 47.9 Å². The van der Waals surface area contributed by atoms with Crippen molar-refractivity contribution in [2.24, 2.45) is 0 Å². The van der Waals surface area contributed by atoms with E-state index in [2.05, 4.69) is 4.56 Å². The van der Waals surface area contributed by atoms with Gasteiger partial charge in [-0.15, -0.1) is 0 Å². The Kier molecular flexibility index (Phi) is 3.07. The second-order valence-electron chi connectivity index (χ2n) is 2.62. The van der Waals surface area contributed by atoms with Crippen LogP contribution in [0.2, 0.25) is 0 Å². The fourth-order valence-corrected chi connectivity index (χ4v) is 0.960. The number of hydrogen-bond donors (Lipinski definition) is 1. The zero-order valence-electron chi connectivity index (χ0n) is 8.03. The van der Waals surface area contributed by atoms with Crippen molar-refractivity contribution < 1.29 is 52.5 Å². The van der Waals surface area contributed by atoms with E-state index in [1.807, 2.05) is 0 Å². The Bertz CT molecular complexity index is 412. The molecule has 17 heavy (non-hydrogen) atoms. The zero-order valence-corrected chi connectivity index (χ0v) is 7.85. The van der Waals surface area contributed by atoms with Gasteiger partial charge in [0.15, 0.2) is 0 Å². The molecule has 0 aliphatic rings. The molecule has 0 radical (unpaired) electrons. The molecule has 13 heteroatoms. The number of halogens is 9. The first-order chi connectivity index (χ1) is 7.56. The van der Waals surface area contributed by atoms with E-state index in [1.54, 1.807) is 0 Å². The molecule has 0 saturated carbocycles. The Labute approximate surface area is 88.4 Å². The first-order valence-corrected chi connectivity index (χ1v) is 4.56. The van der Waals surface area contributed by atoms with E-state index in [1.165, 1.54) is 0 Å². The van der Waals surface area contributed by atoms with Crippen LogP contribution in [-0.2, 0) is 10.1 Å². The topological polar surface area (TPSA) is 54.4 Å². The summed E-state index contributed by atoms with van der Waals surface area (Å²) in [4.78, 5) is 0. The van der Waals surface area contributed by atoms with Gasteiger partial charge in [0.05, 0.1) is 0 Å². The molecule has 0 rings (SSSR count). The largest absolute Gasteiger partial charge is 0.460 e. The maximum Gasteiger partial charge on any atom is 0.460 e. The molecular formula is C4HF9O3S. The molecule has 0 aliphatic carbocycles. The molecule has 0 heterocycles. The average Bonchev–Trinajstić information content (AvgIpc) is 2.15. The molecule has 0 aliphatic heterocycles. The fraction of sp³-hybridized carbons (Fsp3) is 1.00. The van der Waals surface area contributed by atoms with E-state index in [4.69, 9.17) is 1.43 Å². The van der Waals surface area contributed by atoms with E-state index in [0.717, 1.165) is 0 Å². The molecule has 0 aromatic carbocycles. The summed E-state index contributed by atoms with van der Waals surface area (Å²) in [6, 6.07) is 0. The fourth-order valence-electron chi connectivity index (χ4n) is 0.518. The SMILES string of the molecule is [2H]OS(=O)(=O)C(F)(F)C(F)(F)C(F)(F)C(F)(F)F. The van der Waals surface area contributed by atoms with Crippen molar-refractivity contribution in [2.45, 2.75) is 23.3 Å². The normalized spacial score (nSPS) is 16.9. The minimum atomic E-state index is -7.36. The van der Waals surface area contributed by atoms with E-state index >= 15 is 0 Å². The third-order valence-electron chi connectivity index (χ3n) is 1.43. The molecule has 0 atom stereocenters. The summed E-state index contributed by atoms with van der Waals surface area (Å²) in [7, 11) is -7.00. The molecule has 0 unspecified atom stereocenters. The van der Waals surface area contributed by atoms with Crippen molar-refractivity contribution in [3.05, 3.63) is 0 Å². The first-order valence-electron chi connectivity index (χ1n) is 3.56. The van der Waals surface area contributed by atoms with Gasteiger partial charge in [-0.1, -0.05) is 0 Å². The van der Waals surface area contributed by atoms with Crippen molar-refractivity contribution in [3.8, 4) is 0 Å². The van der Waals surface area contributed by atoms with Crippen molar-refractivity contribution in [2.75, 3.05) is 0 Å². The minimum absolute atomic E-state index is 2.09. The van der Waals surface area contributed by atoms with Crippen LogP contribution >= 0.6 is 0 Å². The van der Waals surface area contributed by atoms with Gasteiger partial charge in [0.1, 0.15) is 0 Å². The van der Waals surface area contributed by atoms with Gasteiger partial charge in [0, 0.05) is 0 Å². The van der Waals surface area contributed by atoms with Crippen LogP contribution < -0.4 is 0 Å². The molecule has 0 bridgehead atoms. The molecular weight excluding hydrogens is 299 g/mol. The third kappa shape index (κ3) is 2.17. The van der Waals surface area contributed by atoms with Crippen LogP contribution in [0.25, 0.3) is 1.43 Å². The summed E-state index contributed by atoms with van der Waals surface area (Å²) in [6.07, 6.45) is -7.14. The van der Waals surface area contributed by atoms with Gasteiger partial charge < -0.3 is 0 Å². The number of rotatable bonds is 4. The van der Waals surface area contributed by atoms with Gasteiger partial charge in [-0.05, 0) is 0 Å². The Morgan fingerprint density at radius 3 is 1.41 bits per heavy atom. The summed E-state index contributed by atoms with van der Waals surface area (Å²) in [5.74, 6) is -14.7.